The molecule has 2 nitrogen and oxygen atoms in total. The molecule has 0 saturated heterocycles. The van der Waals surface area contributed by atoms with Crippen LogP contribution in [0, 0.1) is 12.8 Å². The second-order valence-electron chi connectivity index (χ2n) is 6.90. The Kier molecular flexibility index (Phi) is 3.96. The number of aryl methyl sites for hydroxylation is 1. The summed E-state index contributed by atoms with van der Waals surface area (Å²) in [5.74, 6) is -0.162. The topological polar surface area (TPSA) is 29.4 Å². The lowest BCUT2D eigenvalue weighted by Crippen LogP contribution is -2.22. The number of carbonyl (C=O) groups is 1. The van der Waals surface area contributed by atoms with Gasteiger partial charge in [0.1, 0.15) is 0 Å². The van der Waals surface area contributed by atoms with Gasteiger partial charge in [-0.15, -0.1) is 11.8 Å². The summed E-state index contributed by atoms with van der Waals surface area (Å²) in [5, 5.41) is 0.664. The van der Waals surface area contributed by atoms with E-state index in [9.17, 15) is 4.79 Å². The van der Waals surface area contributed by atoms with Crippen LogP contribution in [0.4, 0.5) is 5.69 Å². The minimum atomic E-state index is -0.307. The predicted octanol–water partition coefficient (Wildman–Crippen LogP) is 6.43. The van der Waals surface area contributed by atoms with Crippen molar-refractivity contribution in [2.24, 2.45) is 10.9 Å². The van der Waals surface area contributed by atoms with Crippen LogP contribution in [0.15, 0.2) is 76.6 Å². The minimum absolute atomic E-state index is 0.0644. The minimum Gasteiger partial charge on any atom is -0.293 e. The zero-order valence-corrected chi connectivity index (χ0v) is 16.2. The van der Waals surface area contributed by atoms with Crippen molar-refractivity contribution in [1.82, 2.24) is 0 Å². The maximum Gasteiger partial charge on any atom is 0.174 e. The molecule has 0 spiro atoms. The largest absolute Gasteiger partial charge is 0.293 e. The molecule has 0 bridgehead atoms. The molecule has 1 aliphatic heterocycles. The summed E-state index contributed by atoms with van der Waals surface area (Å²) in [7, 11) is 0. The van der Waals surface area contributed by atoms with Gasteiger partial charge in [-0.1, -0.05) is 60.1 Å². The van der Waals surface area contributed by atoms with Gasteiger partial charge in [-0.05, 0) is 36.2 Å². The molecule has 3 aromatic carbocycles. The van der Waals surface area contributed by atoms with E-state index in [2.05, 4.69) is 12.1 Å². The van der Waals surface area contributed by atoms with E-state index in [1.807, 2.05) is 61.5 Å². The van der Waals surface area contributed by atoms with Gasteiger partial charge in [-0.25, -0.2) is 0 Å². The van der Waals surface area contributed by atoms with Crippen LogP contribution in [0.25, 0.3) is 0 Å². The molecule has 3 aromatic rings. The van der Waals surface area contributed by atoms with Crippen LogP contribution in [0.5, 0.6) is 0 Å². The molecular weight excluding hydrogens is 374 g/mol. The molecule has 27 heavy (non-hydrogen) atoms. The molecule has 0 saturated carbocycles. The van der Waals surface area contributed by atoms with Crippen molar-refractivity contribution < 1.29 is 4.79 Å². The van der Waals surface area contributed by atoms with Crippen molar-refractivity contribution in [2.45, 2.75) is 17.1 Å². The summed E-state index contributed by atoms with van der Waals surface area (Å²) in [5.41, 5.74) is 5.61. The Morgan fingerprint density at radius 1 is 0.963 bits per heavy atom. The average Bonchev–Trinajstić information content (AvgIpc) is 2.85. The summed E-state index contributed by atoms with van der Waals surface area (Å²) in [6, 6.07) is 22.0. The third kappa shape index (κ3) is 2.65. The Morgan fingerprint density at radius 2 is 1.70 bits per heavy atom. The fraction of sp³-hybridized carbons (Fsp3) is 0.130. The number of hydrogen-bond acceptors (Lipinski definition) is 3. The number of ketones is 1. The number of Topliss-reactive ketones (excluding diaryl/α,β-unsaturated/α-hetero) is 1. The van der Waals surface area contributed by atoms with Gasteiger partial charge in [-0.3, -0.25) is 9.79 Å². The second-order valence-corrected chi connectivity index (χ2v) is 8.49. The van der Waals surface area contributed by atoms with Crippen molar-refractivity contribution in [3.63, 3.8) is 0 Å². The highest BCUT2D eigenvalue weighted by Gasteiger charge is 2.44. The van der Waals surface area contributed by atoms with Crippen molar-refractivity contribution in [2.75, 3.05) is 0 Å². The standard InChI is InChI=1S/C23H16ClNOS/c1-13-10-11-14(12-17(13)24)23-20-21(15-6-2-3-7-16(15)22(20)26)25-18-8-4-5-9-19(18)27-23/h2-12,20,23H,1H3/t20-,23-/m0/s1. The van der Waals surface area contributed by atoms with Gasteiger partial charge in [0.2, 0.25) is 0 Å². The Balaban J connectivity index is 1.75. The lowest BCUT2D eigenvalue weighted by atomic mass is 9.93. The van der Waals surface area contributed by atoms with Gasteiger partial charge in [0, 0.05) is 21.0 Å². The van der Waals surface area contributed by atoms with Gasteiger partial charge >= 0.3 is 0 Å². The number of fused-ring (bicyclic) bond motifs is 4. The number of para-hydroxylation sites is 1. The number of halogens is 1. The first-order chi connectivity index (χ1) is 13.1. The molecule has 0 amide bonds. The number of aliphatic imine (C=N–C) groups is 1. The summed E-state index contributed by atoms with van der Waals surface area (Å²) in [4.78, 5) is 19.4. The maximum absolute atomic E-state index is 13.3. The first-order valence-electron chi connectivity index (χ1n) is 8.87. The highest BCUT2D eigenvalue weighted by atomic mass is 35.5. The van der Waals surface area contributed by atoms with E-state index in [0.717, 1.165) is 43.6 Å². The van der Waals surface area contributed by atoms with E-state index in [4.69, 9.17) is 16.6 Å². The van der Waals surface area contributed by atoms with Crippen LogP contribution in [0.2, 0.25) is 5.02 Å². The molecule has 132 valence electrons. The molecule has 0 unspecified atom stereocenters. The van der Waals surface area contributed by atoms with E-state index in [-0.39, 0.29) is 17.0 Å². The fourth-order valence-electron chi connectivity index (χ4n) is 3.82. The Bertz CT molecular complexity index is 1120. The number of thioether (sulfide) groups is 1. The van der Waals surface area contributed by atoms with Crippen molar-refractivity contribution in [3.8, 4) is 0 Å². The highest BCUT2D eigenvalue weighted by Crippen LogP contribution is 2.51. The van der Waals surface area contributed by atoms with Crippen molar-refractivity contribution in [1.29, 1.82) is 0 Å². The summed E-state index contributed by atoms with van der Waals surface area (Å²) >= 11 is 8.12. The number of nitrogens with zero attached hydrogens (tertiary/aromatic N) is 1. The molecule has 0 radical (unpaired) electrons. The molecule has 1 aliphatic carbocycles. The summed E-state index contributed by atoms with van der Waals surface area (Å²) < 4.78 is 0. The first-order valence-corrected chi connectivity index (χ1v) is 10.1. The summed E-state index contributed by atoms with van der Waals surface area (Å²) in [6.07, 6.45) is 0. The average molecular weight is 390 g/mol. The van der Waals surface area contributed by atoms with Crippen LogP contribution in [-0.2, 0) is 0 Å². The van der Waals surface area contributed by atoms with Gasteiger partial charge in [0.25, 0.3) is 0 Å². The van der Waals surface area contributed by atoms with Gasteiger partial charge in [0.15, 0.2) is 5.78 Å². The van der Waals surface area contributed by atoms with Crippen LogP contribution in [0.1, 0.15) is 32.3 Å². The van der Waals surface area contributed by atoms with Crippen LogP contribution in [-0.4, -0.2) is 11.5 Å². The Morgan fingerprint density at radius 3 is 2.52 bits per heavy atom. The Hall–Kier alpha value is -2.36. The molecular formula is C23H16ClNOS. The lowest BCUT2D eigenvalue weighted by Gasteiger charge is -2.22. The third-order valence-electron chi connectivity index (χ3n) is 5.23. The SMILES string of the molecule is Cc1ccc([C@@H]2Sc3ccccc3N=C3c4ccccc4C(=O)[C@H]32)cc1Cl. The van der Waals surface area contributed by atoms with Crippen molar-refractivity contribution >= 4 is 40.5 Å². The van der Waals surface area contributed by atoms with E-state index in [0.29, 0.717) is 0 Å². The number of rotatable bonds is 1. The van der Waals surface area contributed by atoms with Gasteiger partial charge in [-0.2, -0.15) is 0 Å². The van der Waals surface area contributed by atoms with E-state index < -0.39 is 0 Å². The van der Waals surface area contributed by atoms with E-state index >= 15 is 0 Å². The molecule has 4 heteroatoms. The fourth-order valence-corrected chi connectivity index (χ4v) is 5.35. The van der Waals surface area contributed by atoms with E-state index in [1.54, 1.807) is 11.8 Å². The van der Waals surface area contributed by atoms with Gasteiger partial charge in [0.05, 0.1) is 22.6 Å². The quantitative estimate of drug-likeness (QED) is 0.480. The zero-order valence-electron chi connectivity index (χ0n) is 14.6. The third-order valence-corrected chi connectivity index (χ3v) is 7.04. The smallest absolute Gasteiger partial charge is 0.174 e. The number of hydrogen-bond donors (Lipinski definition) is 0. The number of carbonyl (C=O) groups excluding carboxylic acids is 1. The predicted molar refractivity (Wildman–Crippen MR) is 112 cm³/mol. The molecule has 2 atom stereocenters. The second kappa shape index (κ2) is 6.36. The monoisotopic (exact) mass is 389 g/mol. The van der Waals surface area contributed by atoms with E-state index in [1.165, 1.54) is 0 Å². The molecule has 1 heterocycles. The van der Waals surface area contributed by atoms with Gasteiger partial charge < -0.3 is 0 Å². The van der Waals surface area contributed by atoms with Crippen LogP contribution < -0.4 is 0 Å². The summed E-state index contributed by atoms with van der Waals surface area (Å²) in [6.45, 7) is 1.99. The van der Waals surface area contributed by atoms with Crippen molar-refractivity contribution in [3.05, 3.63) is 94.0 Å². The van der Waals surface area contributed by atoms with Crippen LogP contribution in [0.3, 0.4) is 0 Å². The lowest BCUT2D eigenvalue weighted by molar-refractivity contribution is 0.0960. The molecule has 2 aliphatic rings. The zero-order chi connectivity index (χ0) is 18.5. The van der Waals surface area contributed by atoms with Crippen LogP contribution >= 0.6 is 23.4 Å². The normalized spacial score (nSPS) is 20.4. The number of benzene rings is 3. The molecule has 0 fully saturated rings. The Labute approximate surface area is 167 Å². The first kappa shape index (κ1) is 16.8. The molecule has 0 aromatic heterocycles. The highest BCUT2D eigenvalue weighted by molar-refractivity contribution is 7.99. The maximum atomic E-state index is 13.3. The molecule has 5 rings (SSSR count). The molecule has 0 N–H and O–H groups in total.